The summed E-state index contributed by atoms with van der Waals surface area (Å²) >= 11 is 1.52. The number of thiazole rings is 1. The van der Waals surface area contributed by atoms with Gasteiger partial charge in [0, 0.05) is 29.4 Å². The van der Waals surface area contributed by atoms with E-state index in [0.717, 1.165) is 33.2 Å². The minimum atomic E-state index is -3.27. The van der Waals surface area contributed by atoms with Crippen LogP contribution >= 0.6 is 11.3 Å². The summed E-state index contributed by atoms with van der Waals surface area (Å²) < 4.78 is 25.5. The van der Waals surface area contributed by atoms with Gasteiger partial charge in [-0.05, 0) is 31.0 Å². The molecule has 3 aromatic rings. The van der Waals surface area contributed by atoms with E-state index in [4.69, 9.17) is 0 Å². The fraction of sp³-hybridized carbons (Fsp3) is 0.235. The molecular weight excluding hydrogens is 356 g/mol. The SMILES string of the molecule is CC1Cc2cc(-c3csc(-c4cnccn4)n3)ccc2N1S(C)(=O)=O. The van der Waals surface area contributed by atoms with Crippen molar-refractivity contribution in [1.29, 1.82) is 0 Å². The third-order valence-electron chi connectivity index (χ3n) is 4.17. The van der Waals surface area contributed by atoms with Gasteiger partial charge in [-0.15, -0.1) is 11.3 Å². The third kappa shape index (κ3) is 2.91. The number of nitrogens with zero attached hydrogens (tertiary/aromatic N) is 4. The summed E-state index contributed by atoms with van der Waals surface area (Å²) in [5.41, 5.74) is 4.39. The van der Waals surface area contributed by atoms with E-state index in [1.807, 2.05) is 30.5 Å². The van der Waals surface area contributed by atoms with E-state index in [-0.39, 0.29) is 6.04 Å². The second-order valence-electron chi connectivity index (χ2n) is 6.08. The van der Waals surface area contributed by atoms with Crippen LogP contribution in [0.2, 0.25) is 0 Å². The summed E-state index contributed by atoms with van der Waals surface area (Å²) in [5, 5.41) is 2.80. The Kier molecular flexibility index (Phi) is 3.81. The third-order valence-corrected chi connectivity index (χ3v) is 6.31. The summed E-state index contributed by atoms with van der Waals surface area (Å²) in [4.78, 5) is 13.0. The van der Waals surface area contributed by atoms with E-state index in [1.54, 1.807) is 18.6 Å². The van der Waals surface area contributed by atoms with E-state index in [9.17, 15) is 8.42 Å². The zero-order chi connectivity index (χ0) is 17.6. The molecule has 0 radical (unpaired) electrons. The zero-order valence-corrected chi connectivity index (χ0v) is 15.4. The highest BCUT2D eigenvalue weighted by atomic mass is 32.2. The van der Waals surface area contributed by atoms with Gasteiger partial charge < -0.3 is 0 Å². The molecule has 0 spiro atoms. The van der Waals surface area contributed by atoms with Crippen LogP contribution in [-0.2, 0) is 16.4 Å². The lowest BCUT2D eigenvalue weighted by Crippen LogP contribution is -2.34. The highest BCUT2D eigenvalue weighted by Crippen LogP contribution is 2.37. The Hall–Kier alpha value is -2.32. The molecule has 0 N–H and O–H groups in total. The maximum absolute atomic E-state index is 12.0. The second-order valence-corrected chi connectivity index (χ2v) is 8.80. The molecular formula is C17H16N4O2S2. The predicted molar refractivity (Wildman–Crippen MR) is 99.1 cm³/mol. The Bertz CT molecular complexity index is 1030. The Labute approximate surface area is 150 Å². The number of sulfonamides is 1. The van der Waals surface area contributed by atoms with Crippen molar-refractivity contribution < 1.29 is 8.42 Å². The lowest BCUT2D eigenvalue weighted by molar-refractivity contribution is 0.590. The minimum Gasteiger partial charge on any atom is -0.267 e. The molecule has 6 nitrogen and oxygen atoms in total. The first kappa shape index (κ1) is 16.2. The Morgan fingerprint density at radius 3 is 2.80 bits per heavy atom. The molecule has 8 heteroatoms. The molecule has 25 heavy (non-hydrogen) atoms. The van der Waals surface area contributed by atoms with Gasteiger partial charge in [0.2, 0.25) is 10.0 Å². The number of benzene rings is 1. The van der Waals surface area contributed by atoms with Gasteiger partial charge in [-0.25, -0.2) is 13.4 Å². The lowest BCUT2D eigenvalue weighted by Gasteiger charge is -2.21. The minimum absolute atomic E-state index is 0.0640. The molecule has 128 valence electrons. The van der Waals surface area contributed by atoms with Crippen LogP contribution in [-0.4, -0.2) is 35.7 Å². The Morgan fingerprint density at radius 2 is 2.08 bits per heavy atom. The van der Waals surface area contributed by atoms with Gasteiger partial charge in [0.1, 0.15) is 10.7 Å². The highest BCUT2D eigenvalue weighted by Gasteiger charge is 2.32. The topological polar surface area (TPSA) is 76.1 Å². The van der Waals surface area contributed by atoms with Crippen molar-refractivity contribution in [1.82, 2.24) is 15.0 Å². The molecule has 0 amide bonds. The summed E-state index contributed by atoms with van der Waals surface area (Å²) in [5.74, 6) is 0. The van der Waals surface area contributed by atoms with Crippen LogP contribution in [0, 0.1) is 0 Å². The van der Waals surface area contributed by atoms with Crippen molar-refractivity contribution in [2.24, 2.45) is 0 Å². The Balaban J connectivity index is 1.71. The van der Waals surface area contributed by atoms with Crippen molar-refractivity contribution in [2.45, 2.75) is 19.4 Å². The van der Waals surface area contributed by atoms with Gasteiger partial charge in [0.05, 0.1) is 23.8 Å². The summed E-state index contributed by atoms with van der Waals surface area (Å²) in [6, 6.07) is 5.76. The molecule has 0 aliphatic carbocycles. The van der Waals surface area contributed by atoms with Gasteiger partial charge in [-0.3, -0.25) is 14.3 Å². The van der Waals surface area contributed by atoms with Crippen molar-refractivity contribution in [3.8, 4) is 22.0 Å². The number of rotatable bonds is 3. The molecule has 1 aliphatic heterocycles. The molecule has 0 fully saturated rings. The van der Waals surface area contributed by atoms with Crippen LogP contribution in [0.15, 0.2) is 42.2 Å². The molecule has 0 saturated heterocycles. The maximum atomic E-state index is 12.0. The fourth-order valence-corrected chi connectivity index (χ4v) is 5.25. The molecule has 2 aromatic heterocycles. The van der Waals surface area contributed by atoms with E-state index in [2.05, 4.69) is 15.0 Å². The lowest BCUT2D eigenvalue weighted by atomic mass is 10.1. The second kappa shape index (κ2) is 5.89. The molecule has 0 saturated carbocycles. The van der Waals surface area contributed by atoms with Crippen LogP contribution in [0.3, 0.4) is 0 Å². The van der Waals surface area contributed by atoms with Crippen molar-refractivity contribution in [2.75, 3.05) is 10.6 Å². The van der Waals surface area contributed by atoms with Crippen LogP contribution in [0.25, 0.3) is 22.0 Å². The number of hydrogen-bond donors (Lipinski definition) is 0. The summed E-state index contributed by atoms with van der Waals surface area (Å²) in [7, 11) is -3.27. The average molecular weight is 372 g/mol. The number of hydrogen-bond acceptors (Lipinski definition) is 6. The summed E-state index contributed by atoms with van der Waals surface area (Å²) in [6.45, 7) is 1.93. The number of fused-ring (bicyclic) bond motifs is 1. The van der Waals surface area contributed by atoms with Crippen molar-refractivity contribution in [3.63, 3.8) is 0 Å². The monoisotopic (exact) mass is 372 g/mol. The number of aromatic nitrogens is 3. The van der Waals surface area contributed by atoms with E-state index >= 15 is 0 Å². The maximum Gasteiger partial charge on any atom is 0.232 e. The fourth-order valence-electron chi connectivity index (χ4n) is 3.20. The van der Waals surface area contributed by atoms with Gasteiger partial charge in [0.15, 0.2) is 0 Å². The molecule has 4 rings (SSSR count). The molecule has 1 aliphatic rings. The predicted octanol–water partition coefficient (Wildman–Crippen LogP) is 2.98. The zero-order valence-electron chi connectivity index (χ0n) is 13.7. The molecule has 3 heterocycles. The molecule has 1 atom stereocenters. The van der Waals surface area contributed by atoms with Gasteiger partial charge in [-0.2, -0.15) is 0 Å². The van der Waals surface area contributed by atoms with Crippen molar-refractivity contribution >= 4 is 27.0 Å². The quantitative estimate of drug-likeness (QED) is 0.706. The number of anilines is 1. The van der Waals surface area contributed by atoms with E-state index < -0.39 is 10.0 Å². The van der Waals surface area contributed by atoms with Gasteiger partial charge in [0.25, 0.3) is 0 Å². The smallest absolute Gasteiger partial charge is 0.232 e. The largest absolute Gasteiger partial charge is 0.267 e. The standard InChI is InChI=1S/C17H16N4O2S2/c1-11-7-13-8-12(3-4-16(13)21(11)25(2,22)23)15-10-24-17(20-15)14-9-18-5-6-19-14/h3-6,8-11H,7H2,1-2H3. The van der Waals surface area contributed by atoms with Gasteiger partial charge >= 0.3 is 0 Å². The summed E-state index contributed by atoms with van der Waals surface area (Å²) in [6.07, 6.45) is 6.93. The van der Waals surface area contributed by atoms with Crippen LogP contribution < -0.4 is 4.31 Å². The Morgan fingerprint density at radius 1 is 1.24 bits per heavy atom. The molecule has 1 aromatic carbocycles. The first-order valence-corrected chi connectivity index (χ1v) is 10.5. The van der Waals surface area contributed by atoms with Crippen LogP contribution in [0.5, 0.6) is 0 Å². The van der Waals surface area contributed by atoms with Crippen LogP contribution in [0.4, 0.5) is 5.69 Å². The van der Waals surface area contributed by atoms with Crippen molar-refractivity contribution in [3.05, 3.63) is 47.7 Å². The highest BCUT2D eigenvalue weighted by molar-refractivity contribution is 7.92. The van der Waals surface area contributed by atoms with E-state index in [1.165, 1.54) is 21.9 Å². The van der Waals surface area contributed by atoms with Crippen LogP contribution in [0.1, 0.15) is 12.5 Å². The van der Waals surface area contributed by atoms with E-state index in [0.29, 0.717) is 6.42 Å². The average Bonchev–Trinajstić information content (AvgIpc) is 3.18. The first-order chi connectivity index (χ1) is 11.9. The molecule has 1 unspecified atom stereocenters. The first-order valence-electron chi connectivity index (χ1n) is 7.78. The molecule has 0 bridgehead atoms. The van der Waals surface area contributed by atoms with Gasteiger partial charge in [-0.1, -0.05) is 6.07 Å². The normalized spacial score (nSPS) is 16.9.